The first-order valence-corrected chi connectivity index (χ1v) is 10.5. The van der Waals surface area contributed by atoms with Gasteiger partial charge in [0.1, 0.15) is 0 Å². The summed E-state index contributed by atoms with van der Waals surface area (Å²) < 4.78 is 7.28. The molecule has 1 aromatic heterocycles. The van der Waals surface area contributed by atoms with Crippen LogP contribution in [-0.2, 0) is 16.1 Å². The Kier molecular flexibility index (Phi) is 7.29. The van der Waals surface area contributed by atoms with Gasteiger partial charge in [-0.3, -0.25) is 9.36 Å². The number of benzene rings is 1. The van der Waals surface area contributed by atoms with Crippen LogP contribution in [0.3, 0.4) is 0 Å². The Bertz CT molecular complexity index is 729. The fraction of sp³-hybridized carbons (Fsp3) is 0.550. The second-order valence-electron chi connectivity index (χ2n) is 6.90. The summed E-state index contributed by atoms with van der Waals surface area (Å²) in [6.07, 6.45) is 5.98. The van der Waals surface area contributed by atoms with E-state index in [9.17, 15) is 4.79 Å². The van der Waals surface area contributed by atoms with E-state index in [1.54, 1.807) is 7.11 Å². The minimum absolute atomic E-state index is 0.162. The van der Waals surface area contributed by atoms with E-state index in [0.717, 1.165) is 29.4 Å². The number of amides is 1. The maximum atomic E-state index is 12.6. The van der Waals surface area contributed by atoms with Crippen LogP contribution in [0.4, 0.5) is 0 Å². The Hall–Kier alpha value is -1.86. The summed E-state index contributed by atoms with van der Waals surface area (Å²) in [5.74, 6) is 1.35. The number of hydrogen-bond donors (Lipinski definition) is 0. The molecular weight excluding hydrogens is 360 g/mol. The van der Waals surface area contributed by atoms with Crippen LogP contribution in [0, 0.1) is 0 Å². The van der Waals surface area contributed by atoms with Crippen molar-refractivity contribution < 1.29 is 9.53 Å². The van der Waals surface area contributed by atoms with E-state index in [1.807, 2.05) is 46.8 Å². The van der Waals surface area contributed by atoms with Crippen LogP contribution < -0.4 is 0 Å². The summed E-state index contributed by atoms with van der Waals surface area (Å²) in [6.45, 7) is 1.23. The normalized spacial score (nSPS) is 15.0. The highest BCUT2D eigenvalue weighted by Crippen LogP contribution is 2.26. The SMILES string of the molecule is COCCn1c(SCC(=O)N(C)C2CCCCC2)nnc1-c1ccccc1. The van der Waals surface area contributed by atoms with E-state index < -0.39 is 0 Å². The lowest BCUT2D eigenvalue weighted by Crippen LogP contribution is -2.39. The third kappa shape index (κ3) is 5.11. The smallest absolute Gasteiger partial charge is 0.233 e. The second kappa shape index (κ2) is 9.90. The molecule has 146 valence electrons. The Morgan fingerprint density at radius 2 is 1.96 bits per heavy atom. The highest BCUT2D eigenvalue weighted by Gasteiger charge is 2.23. The van der Waals surface area contributed by atoms with E-state index in [4.69, 9.17) is 4.74 Å². The lowest BCUT2D eigenvalue weighted by molar-refractivity contribution is -0.129. The van der Waals surface area contributed by atoms with Crippen LogP contribution in [0.25, 0.3) is 11.4 Å². The van der Waals surface area contributed by atoms with Crippen molar-refractivity contribution >= 4 is 17.7 Å². The van der Waals surface area contributed by atoms with Gasteiger partial charge in [-0.25, -0.2) is 0 Å². The number of thioether (sulfide) groups is 1. The zero-order valence-electron chi connectivity index (χ0n) is 16.1. The third-order valence-corrected chi connectivity index (χ3v) is 6.06. The largest absolute Gasteiger partial charge is 0.383 e. The minimum Gasteiger partial charge on any atom is -0.383 e. The summed E-state index contributed by atoms with van der Waals surface area (Å²) >= 11 is 1.46. The lowest BCUT2D eigenvalue weighted by Gasteiger charge is -2.31. The summed E-state index contributed by atoms with van der Waals surface area (Å²) in [6, 6.07) is 10.4. The van der Waals surface area contributed by atoms with Crippen molar-refractivity contribution in [3.8, 4) is 11.4 Å². The zero-order valence-corrected chi connectivity index (χ0v) is 17.0. The number of methoxy groups -OCH3 is 1. The van der Waals surface area contributed by atoms with Gasteiger partial charge in [0.2, 0.25) is 5.91 Å². The van der Waals surface area contributed by atoms with Gasteiger partial charge in [0.15, 0.2) is 11.0 Å². The first kappa shape index (κ1) is 19.9. The van der Waals surface area contributed by atoms with Crippen LogP contribution >= 0.6 is 11.8 Å². The molecule has 0 bridgehead atoms. The van der Waals surface area contributed by atoms with E-state index in [0.29, 0.717) is 24.9 Å². The molecule has 0 spiro atoms. The molecule has 0 aliphatic heterocycles. The molecule has 1 fully saturated rings. The molecule has 1 aliphatic rings. The van der Waals surface area contributed by atoms with E-state index in [1.165, 1.54) is 31.0 Å². The quantitative estimate of drug-likeness (QED) is 0.648. The van der Waals surface area contributed by atoms with Crippen molar-refractivity contribution in [1.29, 1.82) is 0 Å². The van der Waals surface area contributed by atoms with Gasteiger partial charge in [-0.2, -0.15) is 0 Å². The van der Waals surface area contributed by atoms with Crippen molar-refractivity contribution in [2.45, 2.75) is 49.8 Å². The highest BCUT2D eigenvalue weighted by atomic mass is 32.2. The van der Waals surface area contributed by atoms with Crippen molar-refractivity contribution in [1.82, 2.24) is 19.7 Å². The number of rotatable bonds is 8. The molecule has 0 saturated heterocycles. The van der Waals surface area contributed by atoms with Crippen molar-refractivity contribution in [2.75, 3.05) is 26.5 Å². The van der Waals surface area contributed by atoms with E-state index in [2.05, 4.69) is 10.2 Å². The lowest BCUT2D eigenvalue weighted by atomic mass is 9.94. The predicted octanol–water partition coefficient (Wildman–Crippen LogP) is 3.47. The van der Waals surface area contributed by atoms with E-state index in [-0.39, 0.29) is 5.91 Å². The molecular formula is C20H28N4O2S. The molecule has 3 rings (SSSR count). The molecule has 0 atom stereocenters. The number of hydrogen-bond acceptors (Lipinski definition) is 5. The first-order valence-electron chi connectivity index (χ1n) is 9.56. The van der Waals surface area contributed by atoms with Gasteiger partial charge in [0.25, 0.3) is 0 Å². The average molecular weight is 389 g/mol. The molecule has 2 aromatic rings. The van der Waals surface area contributed by atoms with Crippen LogP contribution in [-0.4, -0.2) is 58.1 Å². The van der Waals surface area contributed by atoms with Gasteiger partial charge in [0.05, 0.1) is 18.9 Å². The number of nitrogens with zero attached hydrogens (tertiary/aromatic N) is 4. The molecule has 1 heterocycles. The van der Waals surface area contributed by atoms with Gasteiger partial charge in [-0.15, -0.1) is 10.2 Å². The Balaban J connectivity index is 1.68. The molecule has 1 aliphatic carbocycles. The summed E-state index contributed by atoms with van der Waals surface area (Å²) in [5.41, 5.74) is 1.01. The van der Waals surface area contributed by atoms with Crippen LogP contribution in [0.5, 0.6) is 0 Å². The number of carbonyl (C=O) groups excluding carboxylic acids is 1. The maximum Gasteiger partial charge on any atom is 0.233 e. The van der Waals surface area contributed by atoms with Crippen molar-refractivity contribution in [3.05, 3.63) is 30.3 Å². The third-order valence-electron chi connectivity index (χ3n) is 5.11. The molecule has 0 unspecified atom stereocenters. The van der Waals surface area contributed by atoms with Gasteiger partial charge < -0.3 is 9.64 Å². The Morgan fingerprint density at radius 3 is 2.67 bits per heavy atom. The van der Waals surface area contributed by atoms with Crippen molar-refractivity contribution in [3.63, 3.8) is 0 Å². The number of aromatic nitrogens is 3. The molecule has 1 aromatic carbocycles. The Morgan fingerprint density at radius 1 is 1.22 bits per heavy atom. The number of carbonyl (C=O) groups is 1. The summed E-state index contributed by atoms with van der Waals surface area (Å²) in [4.78, 5) is 14.6. The van der Waals surface area contributed by atoms with E-state index >= 15 is 0 Å². The van der Waals surface area contributed by atoms with Gasteiger partial charge in [-0.1, -0.05) is 61.4 Å². The fourth-order valence-electron chi connectivity index (χ4n) is 3.48. The molecule has 6 nitrogen and oxygen atoms in total. The molecule has 0 N–H and O–H groups in total. The fourth-order valence-corrected chi connectivity index (χ4v) is 4.37. The average Bonchev–Trinajstić information content (AvgIpc) is 3.13. The molecule has 1 saturated carbocycles. The second-order valence-corrected chi connectivity index (χ2v) is 7.84. The van der Waals surface area contributed by atoms with Gasteiger partial charge >= 0.3 is 0 Å². The van der Waals surface area contributed by atoms with Crippen LogP contribution in [0.15, 0.2) is 35.5 Å². The summed E-state index contributed by atoms with van der Waals surface area (Å²) in [5, 5.41) is 9.46. The highest BCUT2D eigenvalue weighted by molar-refractivity contribution is 7.99. The summed E-state index contributed by atoms with van der Waals surface area (Å²) in [7, 11) is 3.62. The molecule has 1 amide bonds. The first-order chi connectivity index (χ1) is 13.2. The van der Waals surface area contributed by atoms with Crippen molar-refractivity contribution in [2.24, 2.45) is 0 Å². The molecule has 0 radical (unpaired) electrons. The number of ether oxygens (including phenoxy) is 1. The zero-order chi connectivity index (χ0) is 19.1. The monoisotopic (exact) mass is 388 g/mol. The predicted molar refractivity (Wildman–Crippen MR) is 108 cm³/mol. The maximum absolute atomic E-state index is 12.6. The molecule has 27 heavy (non-hydrogen) atoms. The standard InChI is InChI=1S/C20H28N4O2S/c1-23(17-11-7-4-8-12-17)18(25)15-27-20-22-21-19(24(20)13-14-26-2)16-9-5-3-6-10-16/h3,5-6,9-10,17H,4,7-8,11-15H2,1-2H3. The topological polar surface area (TPSA) is 60.2 Å². The van der Waals surface area contributed by atoms with Crippen LogP contribution in [0.1, 0.15) is 32.1 Å². The minimum atomic E-state index is 0.162. The molecule has 7 heteroatoms. The Labute approximate surface area is 165 Å². The van der Waals surface area contributed by atoms with Gasteiger partial charge in [-0.05, 0) is 12.8 Å². The van der Waals surface area contributed by atoms with Gasteiger partial charge in [0, 0.05) is 25.8 Å². The van der Waals surface area contributed by atoms with Crippen LogP contribution in [0.2, 0.25) is 0 Å².